The highest BCUT2D eigenvalue weighted by molar-refractivity contribution is 6.43. The molecule has 22 heavy (non-hydrogen) atoms. The Kier molecular flexibility index (Phi) is 4.30. The Morgan fingerprint density at radius 1 is 1.27 bits per heavy atom. The average Bonchev–Trinajstić information content (AvgIpc) is 2.39. The van der Waals surface area contributed by atoms with Crippen LogP contribution in [0.2, 0.25) is 10.0 Å². The summed E-state index contributed by atoms with van der Waals surface area (Å²) in [7, 11) is 0. The maximum atomic E-state index is 11.9. The van der Waals surface area contributed by atoms with Crippen LogP contribution in [-0.2, 0) is 4.79 Å². The number of amides is 3. The number of nitrogens with zero attached hydrogens (tertiary/aromatic N) is 1. The molecule has 7 nitrogen and oxygen atoms in total. The molecule has 3 amide bonds. The standard InChI is InChI=1S/C13H10Cl2N2O5/c1-5-8(11(18)19)10(17(13(21)22)12(20)16-5)6-3-2-4-7(14)9(6)15/h2-5H,1H3,(H,16,20)(H,18,19)(H,21,22). The first-order valence-corrected chi connectivity index (χ1v) is 6.76. The molecule has 3 N–H and O–H groups in total. The van der Waals surface area contributed by atoms with Gasteiger partial charge in [0.15, 0.2) is 0 Å². The Bertz CT molecular complexity index is 716. The van der Waals surface area contributed by atoms with Crippen molar-refractivity contribution in [1.29, 1.82) is 0 Å². The molecular formula is C13H10Cl2N2O5. The molecule has 1 aromatic carbocycles. The summed E-state index contributed by atoms with van der Waals surface area (Å²) in [5, 5.41) is 21.0. The van der Waals surface area contributed by atoms with E-state index in [1.807, 2.05) is 0 Å². The summed E-state index contributed by atoms with van der Waals surface area (Å²) < 4.78 is 0. The number of carbonyl (C=O) groups excluding carboxylic acids is 1. The number of carboxylic acid groups (broad SMARTS) is 2. The minimum atomic E-state index is -1.63. The van der Waals surface area contributed by atoms with E-state index >= 15 is 0 Å². The highest BCUT2D eigenvalue weighted by atomic mass is 35.5. The highest BCUT2D eigenvalue weighted by Gasteiger charge is 2.39. The Hall–Kier alpha value is -2.25. The summed E-state index contributed by atoms with van der Waals surface area (Å²) in [6, 6.07) is 2.48. The van der Waals surface area contributed by atoms with Gasteiger partial charge in [-0.3, -0.25) is 0 Å². The second kappa shape index (κ2) is 5.86. The summed E-state index contributed by atoms with van der Waals surface area (Å²) in [5.74, 6) is -1.37. The number of urea groups is 1. The highest BCUT2D eigenvalue weighted by Crippen LogP contribution is 2.36. The largest absolute Gasteiger partial charge is 0.478 e. The third kappa shape index (κ3) is 2.60. The number of benzene rings is 1. The zero-order chi connectivity index (χ0) is 16.6. The van der Waals surface area contributed by atoms with E-state index in [2.05, 4.69) is 5.32 Å². The molecule has 0 aromatic heterocycles. The van der Waals surface area contributed by atoms with Crippen molar-refractivity contribution >= 4 is 47.0 Å². The molecule has 1 aliphatic rings. The van der Waals surface area contributed by atoms with Crippen LogP contribution in [0.5, 0.6) is 0 Å². The molecule has 0 radical (unpaired) electrons. The smallest absolute Gasteiger partial charge is 0.420 e. The lowest BCUT2D eigenvalue weighted by molar-refractivity contribution is -0.132. The van der Waals surface area contributed by atoms with E-state index in [1.54, 1.807) is 0 Å². The molecule has 0 spiro atoms. The molecule has 1 unspecified atom stereocenters. The van der Waals surface area contributed by atoms with Gasteiger partial charge >= 0.3 is 18.1 Å². The fourth-order valence-corrected chi connectivity index (χ4v) is 2.56. The van der Waals surface area contributed by atoms with Gasteiger partial charge in [-0.25, -0.2) is 14.4 Å². The third-order valence-corrected chi connectivity index (χ3v) is 3.90. The van der Waals surface area contributed by atoms with Crippen LogP contribution in [0.3, 0.4) is 0 Å². The van der Waals surface area contributed by atoms with Crippen molar-refractivity contribution in [3.63, 3.8) is 0 Å². The molecule has 9 heteroatoms. The Labute approximate surface area is 134 Å². The number of rotatable bonds is 2. The number of carboxylic acids is 1. The monoisotopic (exact) mass is 344 g/mol. The lowest BCUT2D eigenvalue weighted by atomic mass is 9.98. The van der Waals surface area contributed by atoms with Gasteiger partial charge in [-0.05, 0) is 13.0 Å². The topological polar surface area (TPSA) is 107 Å². The first-order valence-electron chi connectivity index (χ1n) is 6.01. The first-order chi connectivity index (χ1) is 10.3. The molecular weight excluding hydrogens is 335 g/mol. The van der Waals surface area contributed by atoms with E-state index in [4.69, 9.17) is 23.2 Å². The second-order valence-corrected chi connectivity index (χ2v) is 5.24. The van der Waals surface area contributed by atoms with Gasteiger partial charge in [0.25, 0.3) is 0 Å². The molecule has 1 atom stereocenters. The molecule has 1 aromatic rings. The Morgan fingerprint density at radius 3 is 2.45 bits per heavy atom. The number of halogens is 2. The third-order valence-electron chi connectivity index (χ3n) is 3.08. The first kappa shape index (κ1) is 16.1. The van der Waals surface area contributed by atoms with Gasteiger partial charge in [-0.1, -0.05) is 35.3 Å². The lowest BCUT2D eigenvalue weighted by Gasteiger charge is -2.32. The number of carbonyl (C=O) groups is 3. The van der Waals surface area contributed by atoms with E-state index in [1.165, 1.54) is 25.1 Å². The zero-order valence-electron chi connectivity index (χ0n) is 11.1. The molecule has 116 valence electrons. The number of hydrogen-bond donors (Lipinski definition) is 3. The average molecular weight is 345 g/mol. The summed E-state index contributed by atoms with van der Waals surface area (Å²) in [4.78, 5) is 35.1. The van der Waals surface area contributed by atoms with Crippen LogP contribution in [-0.4, -0.2) is 39.2 Å². The van der Waals surface area contributed by atoms with Crippen molar-refractivity contribution in [2.24, 2.45) is 0 Å². The molecule has 0 fully saturated rings. The number of imide groups is 1. The van der Waals surface area contributed by atoms with Crippen molar-refractivity contribution in [3.05, 3.63) is 39.4 Å². The fraction of sp³-hybridized carbons (Fsp3) is 0.154. The summed E-state index contributed by atoms with van der Waals surface area (Å²) in [5.41, 5.74) is -0.564. The quantitative estimate of drug-likeness (QED) is 0.764. The number of aliphatic carboxylic acids is 1. The maximum Gasteiger partial charge on any atom is 0.420 e. The molecule has 0 saturated heterocycles. The summed E-state index contributed by atoms with van der Waals surface area (Å²) in [6.45, 7) is 1.43. The molecule has 1 aliphatic heterocycles. The second-order valence-electron chi connectivity index (χ2n) is 4.46. The van der Waals surface area contributed by atoms with Crippen LogP contribution in [0.1, 0.15) is 12.5 Å². The number of hydrogen-bond acceptors (Lipinski definition) is 3. The predicted molar refractivity (Wildman–Crippen MR) is 78.9 cm³/mol. The lowest BCUT2D eigenvalue weighted by Crippen LogP contribution is -2.52. The molecule has 2 rings (SSSR count). The van der Waals surface area contributed by atoms with Crippen LogP contribution in [0, 0.1) is 0 Å². The van der Waals surface area contributed by atoms with Gasteiger partial charge in [0.05, 0.1) is 27.4 Å². The summed E-state index contributed by atoms with van der Waals surface area (Å²) >= 11 is 11.9. The summed E-state index contributed by atoms with van der Waals surface area (Å²) in [6.07, 6.45) is -1.63. The zero-order valence-corrected chi connectivity index (χ0v) is 12.6. The van der Waals surface area contributed by atoms with Crippen molar-refractivity contribution in [2.75, 3.05) is 0 Å². The molecule has 0 bridgehead atoms. The van der Waals surface area contributed by atoms with E-state index in [0.29, 0.717) is 4.90 Å². The van der Waals surface area contributed by atoms with Gasteiger partial charge in [0.2, 0.25) is 0 Å². The predicted octanol–water partition coefficient (Wildman–Crippen LogP) is 2.88. The van der Waals surface area contributed by atoms with E-state index in [-0.39, 0.29) is 26.9 Å². The Morgan fingerprint density at radius 2 is 1.91 bits per heavy atom. The van der Waals surface area contributed by atoms with Gasteiger partial charge in [0, 0.05) is 5.56 Å². The van der Waals surface area contributed by atoms with Crippen LogP contribution in [0.4, 0.5) is 9.59 Å². The van der Waals surface area contributed by atoms with Gasteiger partial charge in [0.1, 0.15) is 0 Å². The maximum absolute atomic E-state index is 11.9. The normalized spacial score (nSPS) is 18.2. The van der Waals surface area contributed by atoms with Crippen LogP contribution < -0.4 is 5.32 Å². The van der Waals surface area contributed by atoms with Crippen molar-refractivity contribution in [3.8, 4) is 0 Å². The van der Waals surface area contributed by atoms with Gasteiger partial charge in [-0.15, -0.1) is 0 Å². The van der Waals surface area contributed by atoms with E-state index < -0.39 is 24.1 Å². The Balaban J connectivity index is 2.84. The van der Waals surface area contributed by atoms with Crippen molar-refractivity contribution in [1.82, 2.24) is 10.2 Å². The fourth-order valence-electron chi connectivity index (χ4n) is 2.17. The van der Waals surface area contributed by atoms with Gasteiger partial charge < -0.3 is 15.5 Å². The minimum Gasteiger partial charge on any atom is -0.478 e. The van der Waals surface area contributed by atoms with Crippen LogP contribution >= 0.6 is 23.2 Å². The van der Waals surface area contributed by atoms with Crippen LogP contribution in [0.15, 0.2) is 23.8 Å². The van der Waals surface area contributed by atoms with E-state index in [9.17, 15) is 24.6 Å². The van der Waals surface area contributed by atoms with Crippen LogP contribution in [0.25, 0.3) is 5.70 Å². The molecule has 1 heterocycles. The molecule has 0 saturated carbocycles. The van der Waals surface area contributed by atoms with Crippen molar-refractivity contribution < 1.29 is 24.6 Å². The number of nitrogens with one attached hydrogen (secondary N) is 1. The van der Waals surface area contributed by atoms with Crippen molar-refractivity contribution in [2.45, 2.75) is 13.0 Å². The van der Waals surface area contributed by atoms with E-state index in [0.717, 1.165) is 0 Å². The minimum absolute atomic E-state index is 0.0360. The van der Waals surface area contributed by atoms with Gasteiger partial charge in [-0.2, -0.15) is 4.90 Å². The molecule has 0 aliphatic carbocycles. The SMILES string of the molecule is CC1NC(=O)N(C(=O)O)C(c2cccc(Cl)c2Cl)=C1C(=O)O.